The lowest BCUT2D eigenvalue weighted by molar-refractivity contribution is -0.138. The Morgan fingerprint density at radius 2 is 2.00 bits per heavy atom. The Morgan fingerprint density at radius 1 is 1.28 bits per heavy atom. The summed E-state index contributed by atoms with van der Waals surface area (Å²) in [6, 6.07) is 11.3. The quantitative estimate of drug-likeness (QED) is 0.872. The highest BCUT2D eigenvalue weighted by Gasteiger charge is 2.16. The minimum absolute atomic E-state index is 0. The fourth-order valence-electron chi connectivity index (χ4n) is 1.92. The summed E-state index contributed by atoms with van der Waals surface area (Å²) in [5.41, 5.74) is 0.831. The predicted octanol–water partition coefficient (Wildman–Crippen LogP) is 3.20. The van der Waals surface area contributed by atoms with Crippen LogP contribution in [0.25, 0.3) is 10.8 Å². The van der Waals surface area contributed by atoms with E-state index in [9.17, 15) is 4.79 Å². The highest BCUT2D eigenvalue weighted by atomic mass is 16.5. The number of aliphatic carboxylic acids is 1. The van der Waals surface area contributed by atoms with Crippen LogP contribution >= 0.6 is 0 Å². The summed E-state index contributed by atoms with van der Waals surface area (Å²) in [7, 11) is 1.62. The van der Waals surface area contributed by atoms with Crippen LogP contribution in [0.5, 0.6) is 5.75 Å². The molecular formula is C14H17NO3. The van der Waals surface area contributed by atoms with E-state index < -0.39 is 11.9 Å². The first-order valence-electron chi connectivity index (χ1n) is 5.43. The Bertz CT molecular complexity index is 566. The van der Waals surface area contributed by atoms with E-state index in [0.29, 0.717) is 0 Å². The molecule has 1 atom stereocenters. The van der Waals surface area contributed by atoms with Crippen LogP contribution in [0.3, 0.4) is 0 Å². The monoisotopic (exact) mass is 247 g/mol. The van der Waals surface area contributed by atoms with Crippen LogP contribution in [-0.4, -0.2) is 18.2 Å². The van der Waals surface area contributed by atoms with Crippen molar-refractivity contribution in [3.63, 3.8) is 0 Å². The zero-order valence-corrected chi connectivity index (χ0v) is 10.5. The number of hydrogen-bond acceptors (Lipinski definition) is 3. The van der Waals surface area contributed by atoms with Crippen molar-refractivity contribution in [2.75, 3.05) is 7.11 Å². The predicted molar refractivity (Wildman–Crippen MR) is 71.6 cm³/mol. The number of carboxylic acids is 1. The third kappa shape index (κ3) is 2.43. The van der Waals surface area contributed by atoms with Crippen molar-refractivity contribution in [2.45, 2.75) is 12.8 Å². The molecule has 0 aliphatic rings. The van der Waals surface area contributed by atoms with E-state index in [1.165, 1.54) is 0 Å². The van der Waals surface area contributed by atoms with Crippen molar-refractivity contribution < 1.29 is 14.6 Å². The van der Waals surface area contributed by atoms with E-state index in [-0.39, 0.29) is 6.15 Å². The van der Waals surface area contributed by atoms with Gasteiger partial charge in [-0.05, 0) is 35.4 Å². The number of ether oxygens (including phenoxy) is 1. The Hall–Kier alpha value is -2.07. The van der Waals surface area contributed by atoms with E-state index in [2.05, 4.69) is 0 Å². The fraction of sp³-hybridized carbons (Fsp3) is 0.214. The molecule has 0 aliphatic carbocycles. The molecular weight excluding hydrogens is 230 g/mol. The number of fused-ring (bicyclic) bond motifs is 1. The molecule has 2 rings (SSSR count). The van der Waals surface area contributed by atoms with Crippen LogP contribution in [0.1, 0.15) is 18.4 Å². The average Bonchev–Trinajstić information content (AvgIpc) is 2.36. The van der Waals surface area contributed by atoms with Gasteiger partial charge in [0.1, 0.15) is 5.75 Å². The summed E-state index contributed by atoms with van der Waals surface area (Å²) in [6.45, 7) is 1.70. The minimum atomic E-state index is -0.812. The van der Waals surface area contributed by atoms with Gasteiger partial charge in [0.2, 0.25) is 0 Å². The van der Waals surface area contributed by atoms with Crippen LogP contribution in [0.2, 0.25) is 0 Å². The molecule has 96 valence electrons. The largest absolute Gasteiger partial charge is 0.497 e. The number of carbonyl (C=O) groups is 1. The molecule has 4 N–H and O–H groups in total. The van der Waals surface area contributed by atoms with Crippen molar-refractivity contribution in [3.8, 4) is 5.75 Å². The Labute approximate surface area is 106 Å². The summed E-state index contributed by atoms with van der Waals surface area (Å²) in [4.78, 5) is 11.0. The molecule has 0 aromatic heterocycles. The standard InChI is InChI=1S/C14H14O3.H3N/c1-9(14(15)16)12-5-3-4-10-8-11(17-2)6-7-13(10)12;/h3-9H,1-2H3,(H,15,16);1H3. The molecule has 4 heteroatoms. The number of rotatable bonds is 3. The van der Waals surface area contributed by atoms with Crippen LogP contribution in [-0.2, 0) is 4.79 Å². The molecule has 0 fully saturated rings. The summed E-state index contributed by atoms with van der Waals surface area (Å²) in [5, 5.41) is 11.0. The summed E-state index contributed by atoms with van der Waals surface area (Å²) < 4.78 is 5.15. The smallest absolute Gasteiger partial charge is 0.310 e. The maximum atomic E-state index is 11.0. The van der Waals surface area contributed by atoms with Crippen LogP contribution < -0.4 is 10.9 Å². The van der Waals surface area contributed by atoms with Gasteiger partial charge in [-0.2, -0.15) is 0 Å². The van der Waals surface area contributed by atoms with Crippen LogP contribution in [0, 0.1) is 0 Å². The zero-order chi connectivity index (χ0) is 12.4. The molecule has 0 spiro atoms. The van der Waals surface area contributed by atoms with Gasteiger partial charge in [0.25, 0.3) is 0 Å². The molecule has 2 aromatic carbocycles. The highest BCUT2D eigenvalue weighted by molar-refractivity contribution is 5.91. The van der Waals surface area contributed by atoms with Gasteiger partial charge in [0, 0.05) is 0 Å². The normalized spacial score (nSPS) is 11.7. The first kappa shape index (κ1) is 14.0. The van der Waals surface area contributed by atoms with Crippen molar-refractivity contribution in [1.82, 2.24) is 6.15 Å². The second kappa shape index (κ2) is 5.51. The zero-order valence-electron chi connectivity index (χ0n) is 10.5. The summed E-state index contributed by atoms with van der Waals surface area (Å²) >= 11 is 0. The first-order chi connectivity index (χ1) is 8.13. The third-order valence-corrected chi connectivity index (χ3v) is 2.96. The minimum Gasteiger partial charge on any atom is -0.497 e. The molecule has 0 aliphatic heterocycles. The molecule has 4 nitrogen and oxygen atoms in total. The lowest BCUT2D eigenvalue weighted by atomic mass is 9.95. The number of benzene rings is 2. The summed E-state index contributed by atoms with van der Waals surface area (Å²) in [5.74, 6) is -0.543. The topological polar surface area (TPSA) is 81.5 Å². The van der Waals surface area contributed by atoms with Crippen molar-refractivity contribution >= 4 is 16.7 Å². The molecule has 0 saturated carbocycles. The lowest BCUT2D eigenvalue weighted by Crippen LogP contribution is -2.07. The molecule has 2 aromatic rings. The Morgan fingerprint density at radius 3 is 2.61 bits per heavy atom. The highest BCUT2D eigenvalue weighted by Crippen LogP contribution is 2.28. The average molecular weight is 247 g/mol. The maximum Gasteiger partial charge on any atom is 0.310 e. The van der Waals surface area contributed by atoms with Gasteiger partial charge in [-0.1, -0.05) is 24.3 Å². The van der Waals surface area contributed by atoms with E-state index >= 15 is 0 Å². The van der Waals surface area contributed by atoms with Crippen molar-refractivity contribution in [3.05, 3.63) is 42.0 Å². The third-order valence-electron chi connectivity index (χ3n) is 2.96. The molecule has 0 heterocycles. The SMILES string of the molecule is COc1ccc2c(C(C)C(=O)O)cccc2c1.N. The molecule has 1 unspecified atom stereocenters. The Balaban J connectivity index is 0.00000162. The molecule has 0 radical (unpaired) electrons. The van der Waals surface area contributed by atoms with Crippen molar-refractivity contribution in [1.29, 1.82) is 0 Å². The van der Waals surface area contributed by atoms with E-state index in [1.54, 1.807) is 14.0 Å². The molecule has 0 bridgehead atoms. The lowest BCUT2D eigenvalue weighted by Gasteiger charge is -2.11. The first-order valence-corrected chi connectivity index (χ1v) is 5.43. The van der Waals surface area contributed by atoms with Gasteiger partial charge >= 0.3 is 5.97 Å². The summed E-state index contributed by atoms with van der Waals surface area (Å²) in [6.07, 6.45) is 0. The fourth-order valence-corrected chi connectivity index (χ4v) is 1.92. The van der Waals surface area contributed by atoms with Gasteiger partial charge in [0.15, 0.2) is 0 Å². The van der Waals surface area contributed by atoms with Crippen LogP contribution in [0.4, 0.5) is 0 Å². The van der Waals surface area contributed by atoms with Gasteiger partial charge in [-0.3, -0.25) is 4.79 Å². The number of methoxy groups -OCH3 is 1. The molecule has 18 heavy (non-hydrogen) atoms. The molecule has 0 saturated heterocycles. The van der Waals surface area contributed by atoms with Gasteiger partial charge in [-0.25, -0.2) is 0 Å². The van der Waals surface area contributed by atoms with Gasteiger partial charge in [0.05, 0.1) is 13.0 Å². The van der Waals surface area contributed by atoms with Crippen LogP contribution in [0.15, 0.2) is 36.4 Å². The number of carboxylic acid groups (broad SMARTS) is 1. The Kier molecular flexibility index (Phi) is 4.28. The van der Waals surface area contributed by atoms with E-state index in [1.807, 2.05) is 36.4 Å². The molecule has 0 amide bonds. The second-order valence-corrected chi connectivity index (χ2v) is 3.99. The second-order valence-electron chi connectivity index (χ2n) is 3.99. The van der Waals surface area contributed by atoms with Crippen molar-refractivity contribution in [2.24, 2.45) is 0 Å². The maximum absolute atomic E-state index is 11.0. The van der Waals surface area contributed by atoms with Gasteiger partial charge < -0.3 is 16.0 Å². The van der Waals surface area contributed by atoms with E-state index in [4.69, 9.17) is 9.84 Å². The number of hydrogen-bond donors (Lipinski definition) is 2. The van der Waals surface area contributed by atoms with Gasteiger partial charge in [-0.15, -0.1) is 0 Å². The van der Waals surface area contributed by atoms with E-state index in [0.717, 1.165) is 22.1 Å².